The van der Waals surface area contributed by atoms with Gasteiger partial charge in [0, 0.05) is 36.2 Å². The molecular formula is C21H20FN5O2S2. The Bertz CT molecular complexity index is 1100. The maximum atomic E-state index is 13.0. The van der Waals surface area contributed by atoms with E-state index >= 15 is 0 Å². The molecule has 3 aromatic heterocycles. The first-order valence-electron chi connectivity index (χ1n) is 9.50. The van der Waals surface area contributed by atoms with Crippen molar-refractivity contribution in [1.29, 1.82) is 0 Å². The van der Waals surface area contributed by atoms with Crippen LogP contribution in [-0.4, -0.2) is 38.4 Å². The van der Waals surface area contributed by atoms with Crippen LogP contribution in [0.3, 0.4) is 0 Å². The van der Waals surface area contributed by atoms with E-state index in [0.29, 0.717) is 31.3 Å². The van der Waals surface area contributed by atoms with Crippen molar-refractivity contribution in [2.75, 3.05) is 13.7 Å². The van der Waals surface area contributed by atoms with Gasteiger partial charge in [-0.2, -0.15) is 0 Å². The summed E-state index contributed by atoms with van der Waals surface area (Å²) in [4.78, 5) is 8.69. The Morgan fingerprint density at radius 3 is 2.68 bits per heavy atom. The number of methoxy groups -OCH3 is 1. The van der Waals surface area contributed by atoms with E-state index in [1.165, 1.54) is 23.5 Å². The van der Waals surface area contributed by atoms with Crippen molar-refractivity contribution < 1.29 is 13.9 Å². The molecule has 31 heavy (non-hydrogen) atoms. The zero-order valence-corrected chi connectivity index (χ0v) is 18.4. The van der Waals surface area contributed by atoms with Gasteiger partial charge in [-0.15, -0.1) is 21.5 Å². The van der Waals surface area contributed by atoms with Gasteiger partial charge in [0.05, 0.1) is 18.8 Å². The molecule has 4 aromatic rings. The molecule has 0 fully saturated rings. The predicted octanol–water partition coefficient (Wildman–Crippen LogP) is 4.45. The molecule has 0 saturated heterocycles. The van der Waals surface area contributed by atoms with E-state index in [-0.39, 0.29) is 5.82 Å². The third-order valence-corrected chi connectivity index (χ3v) is 6.17. The summed E-state index contributed by atoms with van der Waals surface area (Å²) in [5.74, 6) is 1.77. The Morgan fingerprint density at radius 1 is 1.10 bits per heavy atom. The van der Waals surface area contributed by atoms with Crippen LogP contribution in [0.25, 0.3) is 11.4 Å². The molecule has 0 aliphatic heterocycles. The average Bonchev–Trinajstić information content (AvgIpc) is 3.43. The zero-order valence-electron chi connectivity index (χ0n) is 16.8. The molecule has 0 aliphatic rings. The molecule has 0 atom stereocenters. The summed E-state index contributed by atoms with van der Waals surface area (Å²) >= 11 is 3.11. The predicted molar refractivity (Wildman–Crippen MR) is 118 cm³/mol. The molecule has 7 nitrogen and oxygen atoms in total. The number of hydrogen-bond acceptors (Lipinski definition) is 8. The maximum absolute atomic E-state index is 13.0. The largest absolute Gasteiger partial charge is 0.486 e. The molecule has 0 bridgehead atoms. The normalized spacial score (nSPS) is 11.0. The second-order valence-electron chi connectivity index (χ2n) is 6.45. The lowest BCUT2D eigenvalue weighted by atomic mass is 10.2. The summed E-state index contributed by atoms with van der Waals surface area (Å²) in [5, 5.41) is 12.4. The van der Waals surface area contributed by atoms with Crippen LogP contribution in [0.2, 0.25) is 0 Å². The van der Waals surface area contributed by atoms with Gasteiger partial charge in [0.1, 0.15) is 23.2 Å². The molecular weight excluding hydrogens is 437 g/mol. The summed E-state index contributed by atoms with van der Waals surface area (Å²) in [7, 11) is 1.67. The number of hydrogen-bond donors (Lipinski definition) is 0. The lowest BCUT2D eigenvalue weighted by Crippen LogP contribution is -2.07. The minimum atomic E-state index is -0.286. The van der Waals surface area contributed by atoms with Crippen LogP contribution in [0.4, 0.5) is 4.39 Å². The molecule has 0 radical (unpaired) electrons. The standard InChI is InChI=1S/C21H20FN5O2S2/c1-28-11-10-27-20(15-6-8-23-9-7-15)25-26-21(27)31-14-17-13-30-19(24-17)12-29-18-4-2-16(22)3-5-18/h2-9,13H,10-12,14H2,1H3. The highest BCUT2D eigenvalue weighted by molar-refractivity contribution is 7.98. The lowest BCUT2D eigenvalue weighted by Gasteiger charge is -2.09. The minimum Gasteiger partial charge on any atom is -0.486 e. The van der Waals surface area contributed by atoms with Crippen molar-refractivity contribution in [2.45, 2.75) is 24.1 Å². The van der Waals surface area contributed by atoms with Gasteiger partial charge in [-0.1, -0.05) is 11.8 Å². The third kappa shape index (κ3) is 5.66. The SMILES string of the molecule is COCCn1c(SCc2csc(COc3ccc(F)cc3)n2)nnc1-c1ccncc1. The van der Waals surface area contributed by atoms with E-state index in [4.69, 9.17) is 9.47 Å². The van der Waals surface area contributed by atoms with Crippen molar-refractivity contribution in [1.82, 2.24) is 24.7 Å². The first-order chi connectivity index (χ1) is 15.2. The van der Waals surface area contributed by atoms with Gasteiger partial charge in [-0.05, 0) is 36.4 Å². The minimum absolute atomic E-state index is 0.286. The fraction of sp³-hybridized carbons (Fsp3) is 0.238. The number of ether oxygens (including phenoxy) is 2. The molecule has 0 amide bonds. The smallest absolute Gasteiger partial charge is 0.191 e. The maximum Gasteiger partial charge on any atom is 0.191 e. The van der Waals surface area contributed by atoms with Crippen molar-refractivity contribution in [3.63, 3.8) is 0 Å². The Hall–Kier alpha value is -2.82. The fourth-order valence-corrected chi connectivity index (χ4v) is 4.46. The number of aromatic nitrogens is 5. The highest BCUT2D eigenvalue weighted by Gasteiger charge is 2.15. The van der Waals surface area contributed by atoms with Gasteiger partial charge in [0.25, 0.3) is 0 Å². The van der Waals surface area contributed by atoms with Gasteiger partial charge < -0.3 is 9.47 Å². The second-order valence-corrected chi connectivity index (χ2v) is 8.34. The summed E-state index contributed by atoms with van der Waals surface area (Å²) in [6.45, 7) is 1.56. The summed E-state index contributed by atoms with van der Waals surface area (Å²) in [6, 6.07) is 9.78. The number of rotatable bonds is 10. The number of nitrogens with zero attached hydrogens (tertiary/aromatic N) is 5. The molecule has 0 N–H and O–H groups in total. The number of pyridine rings is 1. The van der Waals surface area contributed by atoms with E-state index in [1.54, 1.807) is 43.4 Å². The number of thioether (sulfide) groups is 1. The molecule has 10 heteroatoms. The van der Waals surface area contributed by atoms with Crippen LogP contribution in [0.5, 0.6) is 5.75 Å². The Balaban J connectivity index is 1.40. The molecule has 0 spiro atoms. The van der Waals surface area contributed by atoms with Crippen molar-refractivity contribution in [2.24, 2.45) is 0 Å². The van der Waals surface area contributed by atoms with Crippen molar-refractivity contribution >= 4 is 23.1 Å². The monoisotopic (exact) mass is 457 g/mol. The molecule has 0 unspecified atom stereocenters. The molecule has 4 rings (SSSR count). The van der Waals surface area contributed by atoms with Crippen molar-refractivity contribution in [3.8, 4) is 17.1 Å². The molecule has 3 heterocycles. The topological polar surface area (TPSA) is 75.0 Å². The summed E-state index contributed by atoms with van der Waals surface area (Å²) in [5.41, 5.74) is 1.90. The van der Waals surface area contributed by atoms with E-state index in [0.717, 1.165) is 27.2 Å². The zero-order chi connectivity index (χ0) is 21.5. The number of thiazole rings is 1. The molecule has 1 aromatic carbocycles. The summed E-state index contributed by atoms with van der Waals surface area (Å²) in [6.07, 6.45) is 3.48. The quantitative estimate of drug-likeness (QED) is 0.326. The van der Waals surface area contributed by atoms with Gasteiger partial charge >= 0.3 is 0 Å². The molecule has 160 valence electrons. The molecule has 0 saturated carbocycles. The van der Waals surface area contributed by atoms with Gasteiger partial charge in [0.2, 0.25) is 0 Å². The third-order valence-electron chi connectivity index (χ3n) is 4.30. The van der Waals surface area contributed by atoms with Gasteiger partial charge in [0.15, 0.2) is 11.0 Å². The first kappa shape index (κ1) is 21.4. The second kappa shape index (κ2) is 10.5. The Morgan fingerprint density at radius 2 is 1.90 bits per heavy atom. The highest BCUT2D eigenvalue weighted by Crippen LogP contribution is 2.27. The van der Waals surface area contributed by atoms with Crippen LogP contribution in [0.1, 0.15) is 10.7 Å². The lowest BCUT2D eigenvalue weighted by molar-refractivity contribution is 0.185. The van der Waals surface area contributed by atoms with E-state index < -0.39 is 0 Å². The number of benzene rings is 1. The average molecular weight is 458 g/mol. The Labute approximate surface area is 187 Å². The van der Waals surface area contributed by atoms with Gasteiger partial charge in [-0.25, -0.2) is 9.37 Å². The van der Waals surface area contributed by atoms with E-state index in [2.05, 4.69) is 24.7 Å². The Kier molecular flexibility index (Phi) is 7.23. The summed E-state index contributed by atoms with van der Waals surface area (Å²) < 4.78 is 26.0. The van der Waals surface area contributed by atoms with Crippen LogP contribution < -0.4 is 4.74 Å². The number of halogens is 1. The van der Waals surface area contributed by atoms with Crippen LogP contribution in [0, 0.1) is 5.82 Å². The van der Waals surface area contributed by atoms with Crippen LogP contribution >= 0.6 is 23.1 Å². The van der Waals surface area contributed by atoms with Crippen LogP contribution in [-0.2, 0) is 23.6 Å². The van der Waals surface area contributed by atoms with E-state index in [1.807, 2.05) is 17.5 Å². The fourth-order valence-electron chi connectivity index (χ4n) is 2.79. The van der Waals surface area contributed by atoms with Crippen molar-refractivity contribution in [3.05, 3.63) is 70.7 Å². The highest BCUT2D eigenvalue weighted by atomic mass is 32.2. The van der Waals surface area contributed by atoms with E-state index in [9.17, 15) is 4.39 Å². The van der Waals surface area contributed by atoms with Crippen LogP contribution in [0.15, 0.2) is 59.3 Å². The molecule has 0 aliphatic carbocycles. The first-order valence-corrected chi connectivity index (χ1v) is 11.4. The van der Waals surface area contributed by atoms with Gasteiger partial charge in [-0.3, -0.25) is 9.55 Å².